The van der Waals surface area contributed by atoms with E-state index >= 15 is 0 Å². The molecule has 19 heavy (non-hydrogen) atoms. The number of fused-ring (bicyclic) bond motifs is 1. The molecule has 0 radical (unpaired) electrons. The molecule has 2 aromatic rings. The Labute approximate surface area is 112 Å². The number of nitrogens with one attached hydrogen (secondary N) is 1. The zero-order valence-electron chi connectivity index (χ0n) is 10.9. The summed E-state index contributed by atoms with van der Waals surface area (Å²) in [6.07, 6.45) is 0.921. The van der Waals surface area contributed by atoms with E-state index in [2.05, 4.69) is 12.2 Å². The normalized spacial score (nSPS) is 13.3. The molecule has 1 aliphatic heterocycles. The SMILES string of the molecule is CCc1ccc(CNc2ccc3c(c2)OCCO3)o1. The van der Waals surface area contributed by atoms with Crippen LogP contribution in [-0.4, -0.2) is 13.2 Å². The van der Waals surface area contributed by atoms with Crippen molar-refractivity contribution in [3.8, 4) is 11.5 Å². The van der Waals surface area contributed by atoms with Crippen LogP contribution in [-0.2, 0) is 13.0 Å². The third kappa shape index (κ3) is 2.67. The number of hydrogen-bond donors (Lipinski definition) is 1. The van der Waals surface area contributed by atoms with E-state index in [0.29, 0.717) is 19.8 Å². The Kier molecular flexibility index (Phi) is 3.31. The smallest absolute Gasteiger partial charge is 0.163 e. The van der Waals surface area contributed by atoms with Crippen LogP contribution in [0.3, 0.4) is 0 Å². The van der Waals surface area contributed by atoms with E-state index in [0.717, 1.165) is 35.1 Å². The van der Waals surface area contributed by atoms with Crippen molar-refractivity contribution in [3.05, 3.63) is 41.9 Å². The molecule has 0 spiro atoms. The van der Waals surface area contributed by atoms with Gasteiger partial charge in [-0.1, -0.05) is 6.92 Å². The summed E-state index contributed by atoms with van der Waals surface area (Å²) in [7, 11) is 0. The van der Waals surface area contributed by atoms with Crippen molar-refractivity contribution in [1.29, 1.82) is 0 Å². The number of rotatable bonds is 4. The van der Waals surface area contributed by atoms with Crippen LogP contribution in [0.4, 0.5) is 5.69 Å². The minimum Gasteiger partial charge on any atom is -0.486 e. The van der Waals surface area contributed by atoms with Crippen molar-refractivity contribution in [1.82, 2.24) is 0 Å². The van der Waals surface area contributed by atoms with Crippen LogP contribution in [0, 0.1) is 0 Å². The second kappa shape index (κ2) is 5.26. The van der Waals surface area contributed by atoms with Gasteiger partial charge in [-0.3, -0.25) is 0 Å². The van der Waals surface area contributed by atoms with E-state index in [9.17, 15) is 0 Å². The van der Waals surface area contributed by atoms with Crippen LogP contribution in [0.2, 0.25) is 0 Å². The molecule has 4 heteroatoms. The summed E-state index contributed by atoms with van der Waals surface area (Å²) in [5.74, 6) is 3.55. The van der Waals surface area contributed by atoms with E-state index in [1.165, 1.54) is 0 Å². The molecular weight excluding hydrogens is 242 g/mol. The van der Waals surface area contributed by atoms with Crippen molar-refractivity contribution < 1.29 is 13.9 Å². The number of benzene rings is 1. The Balaban J connectivity index is 1.66. The van der Waals surface area contributed by atoms with Gasteiger partial charge >= 0.3 is 0 Å². The van der Waals surface area contributed by atoms with Crippen molar-refractivity contribution in [2.24, 2.45) is 0 Å². The highest BCUT2D eigenvalue weighted by molar-refractivity contribution is 5.55. The maximum atomic E-state index is 5.65. The molecule has 0 amide bonds. The molecule has 1 aliphatic rings. The molecule has 0 unspecified atom stereocenters. The maximum absolute atomic E-state index is 5.65. The first kappa shape index (κ1) is 12.0. The second-order valence-electron chi connectivity index (χ2n) is 4.43. The zero-order valence-corrected chi connectivity index (χ0v) is 10.9. The van der Waals surface area contributed by atoms with Gasteiger partial charge in [0.25, 0.3) is 0 Å². The Hall–Kier alpha value is -2.10. The lowest BCUT2D eigenvalue weighted by atomic mass is 10.2. The topological polar surface area (TPSA) is 43.6 Å². The van der Waals surface area contributed by atoms with E-state index in [1.807, 2.05) is 30.3 Å². The Morgan fingerprint density at radius 1 is 1.00 bits per heavy atom. The lowest BCUT2D eigenvalue weighted by Crippen LogP contribution is -2.15. The van der Waals surface area contributed by atoms with Crippen LogP contribution in [0.5, 0.6) is 11.5 Å². The Morgan fingerprint density at radius 3 is 2.58 bits per heavy atom. The molecule has 0 fully saturated rings. The molecular formula is C15H17NO3. The minimum absolute atomic E-state index is 0.606. The van der Waals surface area contributed by atoms with Gasteiger partial charge in [-0.05, 0) is 24.3 Å². The molecule has 0 saturated heterocycles. The first-order valence-electron chi connectivity index (χ1n) is 6.56. The fourth-order valence-corrected chi connectivity index (χ4v) is 2.05. The number of anilines is 1. The summed E-state index contributed by atoms with van der Waals surface area (Å²) in [4.78, 5) is 0. The van der Waals surface area contributed by atoms with Gasteiger partial charge in [0.2, 0.25) is 0 Å². The number of hydrogen-bond acceptors (Lipinski definition) is 4. The van der Waals surface area contributed by atoms with E-state index < -0.39 is 0 Å². The van der Waals surface area contributed by atoms with Gasteiger partial charge < -0.3 is 19.2 Å². The van der Waals surface area contributed by atoms with E-state index in [4.69, 9.17) is 13.9 Å². The molecule has 1 aromatic heterocycles. The largest absolute Gasteiger partial charge is 0.486 e. The first-order valence-corrected chi connectivity index (χ1v) is 6.56. The molecule has 0 bridgehead atoms. The van der Waals surface area contributed by atoms with Crippen LogP contribution in [0.15, 0.2) is 34.7 Å². The number of furan rings is 1. The summed E-state index contributed by atoms with van der Waals surface area (Å²) in [6, 6.07) is 9.89. The standard InChI is InChI=1S/C15H17NO3/c1-2-12-4-5-13(19-12)10-16-11-3-6-14-15(9-11)18-8-7-17-14/h3-6,9,16H,2,7-8,10H2,1H3. The van der Waals surface area contributed by atoms with E-state index in [-0.39, 0.29) is 0 Å². The molecule has 100 valence electrons. The Morgan fingerprint density at radius 2 is 1.79 bits per heavy atom. The summed E-state index contributed by atoms with van der Waals surface area (Å²) < 4.78 is 16.7. The molecule has 0 saturated carbocycles. The van der Waals surface area contributed by atoms with Crippen molar-refractivity contribution in [2.45, 2.75) is 19.9 Å². The van der Waals surface area contributed by atoms with Crippen LogP contribution in [0.1, 0.15) is 18.4 Å². The van der Waals surface area contributed by atoms with Crippen LogP contribution in [0.25, 0.3) is 0 Å². The van der Waals surface area contributed by atoms with Gasteiger partial charge in [-0.15, -0.1) is 0 Å². The number of aryl methyl sites for hydroxylation is 1. The van der Waals surface area contributed by atoms with Crippen molar-refractivity contribution >= 4 is 5.69 Å². The molecule has 0 aliphatic carbocycles. The summed E-state index contributed by atoms with van der Waals surface area (Å²) in [5, 5.41) is 3.32. The Bertz CT molecular complexity index is 562. The maximum Gasteiger partial charge on any atom is 0.163 e. The average Bonchev–Trinajstić information content (AvgIpc) is 2.93. The fraction of sp³-hybridized carbons (Fsp3) is 0.333. The minimum atomic E-state index is 0.606. The third-order valence-electron chi connectivity index (χ3n) is 3.07. The van der Waals surface area contributed by atoms with Gasteiger partial charge in [0.15, 0.2) is 11.5 Å². The van der Waals surface area contributed by atoms with E-state index in [1.54, 1.807) is 0 Å². The molecule has 4 nitrogen and oxygen atoms in total. The third-order valence-corrected chi connectivity index (χ3v) is 3.07. The highest BCUT2D eigenvalue weighted by Crippen LogP contribution is 2.32. The van der Waals surface area contributed by atoms with Gasteiger partial charge in [0.1, 0.15) is 24.7 Å². The van der Waals surface area contributed by atoms with Crippen molar-refractivity contribution in [3.63, 3.8) is 0 Å². The van der Waals surface area contributed by atoms with Crippen LogP contribution >= 0.6 is 0 Å². The molecule has 0 atom stereocenters. The molecule has 1 N–H and O–H groups in total. The average molecular weight is 259 g/mol. The summed E-state index contributed by atoms with van der Waals surface area (Å²) in [6.45, 7) is 3.97. The molecule has 2 heterocycles. The predicted octanol–water partition coefficient (Wildman–Crippen LogP) is 3.23. The highest BCUT2D eigenvalue weighted by Gasteiger charge is 2.11. The first-order chi connectivity index (χ1) is 9.35. The van der Waals surface area contributed by atoms with Gasteiger partial charge in [-0.2, -0.15) is 0 Å². The molecule has 1 aromatic carbocycles. The van der Waals surface area contributed by atoms with Gasteiger partial charge in [0.05, 0.1) is 6.54 Å². The molecule has 3 rings (SSSR count). The number of ether oxygens (including phenoxy) is 2. The van der Waals surface area contributed by atoms with Gasteiger partial charge in [-0.25, -0.2) is 0 Å². The quantitative estimate of drug-likeness (QED) is 0.915. The summed E-state index contributed by atoms with van der Waals surface area (Å²) >= 11 is 0. The highest BCUT2D eigenvalue weighted by atomic mass is 16.6. The predicted molar refractivity (Wildman–Crippen MR) is 72.8 cm³/mol. The summed E-state index contributed by atoms with van der Waals surface area (Å²) in [5.41, 5.74) is 0.999. The van der Waals surface area contributed by atoms with Gasteiger partial charge in [0, 0.05) is 18.2 Å². The second-order valence-corrected chi connectivity index (χ2v) is 4.43. The van der Waals surface area contributed by atoms with Crippen LogP contribution < -0.4 is 14.8 Å². The van der Waals surface area contributed by atoms with Crippen molar-refractivity contribution in [2.75, 3.05) is 18.5 Å². The lowest BCUT2D eigenvalue weighted by Gasteiger charge is -2.19. The lowest BCUT2D eigenvalue weighted by molar-refractivity contribution is 0.171. The zero-order chi connectivity index (χ0) is 13.1. The fourth-order valence-electron chi connectivity index (χ4n) is 2.05. The monoisotopic (exact) mass is 259 g/mol.